The first kappa shape index (κ1) is 17.2. The molecule has 1 N–H and O–H groups in total. The lowest BCUT2D eigenvalue weighted by molar-refractivity contribution is 0.308. The van der Waals surface area contributed by atoms with Crippen molar-refractivity contribution in [2.45, 2.75) is 65.3 Å². The van der Waals surface area contributed by atoms with E-state index in [0.29, 0.717) is 6.04 Å². The van der Waals surface area contributed by atoms with Crippen LogP contribution in [0.3, 0.4) is 0 Å². The van der Waals surface area contributed by atoms with Crippen molar-refractivity contribution in [3.63, 3.8) is 0 Å². The molecule has 1 atom stereocenters. The van der Waals surface area contributed by atoms with Crippen LogP contribution in [0.2, 0.25) is 0 Å². The molecule has 0 amide bonds. The van der Waals surface area contributed by atoms with Crippen LogP contribution in [-0.2, 0) is 6.42 Å². The van der Waals surface area contributed by atoms with Gasteiger partial charge in [0.1, 0.15) is 5.82 Å². The molecule has 0 bridgehead atoms. The first-order valence-corrected chi connectivity index (χ1v) is 8.19. The molecule has 1 rings (SSSR count). The minimum absolute atomic E-state index is 0.148. The molecule has 1 unspecified atom stereocenters. The summed E-state index contributed by atoms with van der Waals surface area (Å²) < 4.78 is 13.0. The largest absolute Gasteiger partial charge is 0.313 e. The predicted molar refractivity (Wildman–Crippen MR) is 85.5 cm³/mol. The van der Waals surface area contributed by atoms with E-state index in [9.17, 15) is 4.39 Å². The molecule has 2 heteroatoms. The van der Waals surface area contributed by atoms with E-state index in [1.165, 1.54) is 31.2 Å². The first-order valence-electron chi connectivity index (χ1n) is 8.19. The fourth-order valence-electron chi connectivity index (χ4n) is 2.90. The van der Waals surface area contributed by atoms with Gasteiger partial charge in [0.25, 0.3) is 0 Å². The molecule has 0 aliphatic rings. The average molecular weight is 279 g/mol. The summed E-state index contributed by atoms with van der Waals surface area (Å²) >= 11 is 0. The number of nitrogens with one attached hydrogen (secondary N) is 1. The van der Waals surface area contributed by atoms with Crippen LogP contribution < -0.4 is 5.32 Å². The van der Waals surface area contributed by atoms with Gasteiger partial charge in [0, 0.05) is 6.04 Å². The van der Waals surface area contributed by atoms with Crippen molar-refractivity contribution in [3.05, 3.63) is 35.6 Å². The molecule has 0 saturated carbocycles. The fraction of sp³-hybridized carbons (Fsp3) is 0.667. The molecule has 0 saturated heterocycles. The lowest BCUT2D eigenvalue weighted by Crippen LogP contribution is -2.38. The van der Waals surface area contributed by atoms with E-state index in [-0.39, 0.29) is 5.82 Å². The predicted octanol–water partition coefficient (Wildman–Crippen LogP) is 4.95. The third-order valence-corrected chi connectivity index (χ3v) is 3.91. The lowest BCUT2D eigenvalue weighted by Gasteiger charge is -2.28. The molecule has 114 valence electrons. The first-order chi connectivity index (χ1) is 9.71. The maximum absolute atomic E-state index is 13.0. The quantitative estimate of drug-likeness (QED) is 0.639. The Kier molecular flexibility index (Phi) is 8.52. The SMILES string of the molecule is CCCNC(Cc1ccc(F)cc1)C(CCC)CCC. The molecule has 0 spiro atoms. The summed E-state index contributed by atoms with van der Waals surface area (Å²) in [5.74, 6) is 0.576. The van der Waals surface area contributed by atoms with Gasteiger partial charge >= 0.3 is 0 Å². The number of rotatable bonds is 10. The summed E-state index contributed by atoms with van der Waals surface area (Å²) in [5, 5.41) is 3.71. The maximum atomic E-state index is 13.0. The highest BCUT2D eigenvalue weighted by atomic mass is 19.1. The summed E-state index contributed by atoms with van der Waals surface area (Å²) in [6, 6.07) is 7.50. The lowest BCUT2D eigenvalue weighted by atomic mass is 9.86. The zero-order valence-electron chi connectivity index (χ0n) is 13.3. The molecule has 0 aliphatic carbocycles. The highest BCUT2D eigenvalue weighted by molar-refractivity contribution is 5.17. The van der Waals surface area contributed by atoms with Gasteiger partial charge in [-0.3, -0.25) is 0 Å². The Hall–Kier alpha value is -0.890. The van der Waals surface area contributed by atoms with Crippen LogP contribution in [0.25, 0.3) is 0 Å². The fourth-order valence-corrected chi connectivity index (χ4v) is 2.90. The molecule has 1 aromatic rings. The van der Waals surface area contributed by atoms with Gasteiger partial charge in [0.05, 0.1) is 0 Å². The summed E-state index contributed by atoms with van der Waals surface area (Å²) in [7, 11) is 0. The number of hydrogen-bond acceptors (Lipinski definition) is 1. The van der Waals surface area contributed by atoms with Gasteiger partial charge < -0.3 is 5.32 Å². The molecule has 20 heavy (non-hydrogen) atoms. The standard InChI is InChI=1S/C18H30FN/c1-4-7-16(8-5-2)18(20-13-6-3)14-15-9-11-17(19)12-10-15/h9-12,16,18,20H,4-8,13-14H2,1-3H3. The van der Waals surface area contributed by atoms with Crippen LogP contribution in [0.1, 0.15) is 58.4 Å². The minimum atomic E-state index is -0.148. The zero-order chi connectivity index (χ0) is 14.8. The van der Waals surface area contributed by atoms with Gasteiger partial charge in [-0.2, -0.15) is 0 Å². The van der Waals surface area contributed by atoms with Crippen molar-refractivity contribution in [1.29, 1.82) is 0 Å². The summed E-state index contributed by atoms with van der Waals surface area (Å²) in [6.07, 6.45) is 7.18. The molecule has 1 nitrogen and oxygen atoms in total. The third-order valence-electron chi connectivity index (χ3n) is 3.91. The maximum Gasteiger partial charge on any atom is 0.123 e. The van der Waals surface area contributed by atoms with Crippen molar-refractivity contribution in [2.75, 3.05) is 6.54 Å². The van der Waals surface area contributed by atoms with Crippen LogP contribution in [-0.4, -0.2) is 12.6 Å². The Morgan fingerprint density at radius 2 is 1.55 bits per heavy atom. The van der Waals surface area contributed by atoms with Gasteiger partial charge in [-0.05, 0) is 55.8 Å². The van der Waals surface area contributed by atoms with E-state index in [4.69, 9.17) is 0 Å². The Bertz CT molecular complexity index is 341. The zero-order valence-corrected chi connectivity index (χ0v) is 13.3. The summed E-state index contributed by atoms with van der Waals surface area (Å²) in [6.45, 7) is 7.79. The van der Waals surface area contributed by atoms with Crippen LogP contribution in [0.15, 0.2) is 24.3 Å². The molecule has 0 aromatic heterocycles. The molecular weight excluding hydrogens is 249 g/mol. The van der Waals surface area contributed by atoms with Gasteiger partial charge in [-0.15, -0.1) is 0 Å². The Balaban J connectivity index is 2.72. The van der Waals surface area contributed by atoms with Crippen LogP contribution in [0.5, 0.6) is 0 Å². The Morgan fingerprint density at radius 3 is 2.05 bits per heavy atom. The second-order valence-corrected chi connectivity index (χ2v) is 5.73. The van der Waals surface area contributed by atoms with E-state index in [0.717, 1.165) is 25.3 Å². The van der Waals surface area contributed by atoms with Gasteiger partial charge in [0.15, 0.2) is 0 Å². The van der Waals surface area contributed by atoms with E-state index < -0.39 is 0 Å². The monoisotopic (exact) mass is 279 g/mol. The normalized spacial score (nSPS) is 12.8. The van der Waals surface area contributed by atoms with Crippen LogP contribution in [0, 0.1) is 11.7 Å². The number of halogens is 1. The Morgan fingerprint density at radius 1 is 0.950 bits per heavy atom. The highest BCUT2D eigenvalue weighted by Gasteiger charge is 2.19. The topological polar surface area (TPSA) is 12.0 Å². The average Bonchev–Trinajstić information content (AvgIpc) is 2.45. The van der Waals surface area contributed by atoms with E-state index in [2.05, 4.69) is 26.1 Å². The smallest absolute Gasteiger partial charge is 0.123 e. The molecule has 0 aliphatic heterocycles. The molecule has 0 fully saturated rings. The highest BCUT2D eigenvalue weighted by Crippen LogP contribution is 2.21. The second-order valence-electron chi connectivity index (χ2n) is 5.73. The van der Waals surface area contributed by atoms with Crippen molar-refractivity contribution < 1.29 is 4.39 Å². The van der Waals surface area contributed by atoms with Gasteiger partial charge in [0.2, 0.25) is 0 Å². The summed E-state index contributed by atoms with van der Waals surface area (Å²) in [4.78, 5) is 0. The molecule has 0 radical (unpaired) electrons. The van der Waals surface area contributed by atoms with E-state index in [1.807, 2.05) is 12.1 Å². The van der Waals surface area contributed by atoms with E-state index >= 15 is 0 Å². The van der Waals surface area contributed by atoms with Crippen molar-refractivity contribution in [1.82, 2.24) is 5.32 Å². The molecule has 1 aromatic carbocycles. The van der Waals surface area contributed by atoms with Crippen LogP contribution >= 0.6 is 0 Å². The third kappa shape index (κ3) is 6.04. The van der Waals surface area contributed by atoms with Crippen molar-refractivity contribution in [3.8, 4) is 0 Å². The second kappa shape index (κ2) is 9.93. The van der Waals surface area contributed by atoms with Crippen molar-refractivity contribution >= 4 is 0 Å². The van der Waals surface area contributed by atoms with Gasteiger partial charge in [-0.25, -0.2) is 4.39 Å². The van der Waals surface area contributed by atoms with Gasteiger partial charge in [-0.1, -0.05) is 45.7 Å². The number of hydrogen-bond donors (Lipinski definition) is 1. The Labute approximate surface area is 124 Å². The van der Waals surface area contributed by atoms with Crippen molar-refractivity contribution in [2.24, 2.45) is 5.92 Å². The summed E-state index contributed by atoms with van der Waals surface area (Å²) in [5.41, 5.74) is 1.23. The molecule has 0 heterocycles. The minimum Gasteiger partial charge on any atom is -0.313 e. The number of benzene rings is 1. The molecular formula is C18H30FN. The van der Waals surface area contributed by atoms with E-state index in [1.54, 1.807) is 12.1 Å². The van der Waals surface area contributed by atoms with Crippen LogP contribution in [0.4, 0.5) is 4.39 Å².